The van der Waals surface area contributed by atoms with Crippen molar-refractivity contribution in [2.45, 2.75) is 38.1 Å². The highest BCUT2D eigenvalue weighted by Crippen LogP contribution is 2.45. The summed E-state index contributed by atoms with van der Waals surface area (Å²) in [5, 5.41) is 5.56. The van der Waals surface area contributed by atoms with Crippen LogP contribution in [0.2, 0.25) is 5.02 Å². The molecule has 3 atom stereocenters. The molecule has 36 heavy (non-hydrogen) atoms. The summed E-state index contributed by atoms with van der Waals surface area (Å²) in [4.78, 5) is 36.9. The van der Waals surface area contributed by atoms with Crippen LogP contribution < -0.4 is 10.2 Å². The Morgan fingerprint density at radius 3 is 2.67 bits per heavy atom. The van der Waals surface area contributed by atoms with Crippen molar-refractivity contribution in [3.05, 3.63) is 89.5 Å². The molecule has 180 valence electrons. The van der Waals surface area contributed by atoms with Crippen LogP contribution in [0, 0.1) is 12.8 Å². The van der Waals surface area contributed by atoms with Crippen LogP contribution in [-0.4, -0.2) is 27.9 Å². The standard InChI is InChI=1S/C29H25ClN4O2/c1-17-20(9-5-13-32-17)22-8-4-10-24(30)27(22)18-11-12-23-25(14-18)33-29(36)34(28(23)35)26-16-31-15-19-6-2-3-7-21(19)26/h2-10,13,15-16,18,23,25H,11-12,14H2,1H3,(H,33,36). The van der Waals surface area contributed by atoms with Gasteiger partial charge in [-0.05, 0) is 55.4 Å². The third kappa shape index (κ3) is 3.73. The van der Waals surface area contributed by atoms with Crippen LogP contribution in [0.1, 0.15) is 36.4 Å². The average molecular weight is 497 g/mol. The van der Waals surface area contributed by atoms with E-state index < -0.39 is 6.03 Å². The van der Waals surface area contributed by atoms with Crippen molar-refractivity contribution in [2.24, 2.45) is 5.92 Å². The molecule has 3 unspecified atom stereocenters. The van der Waals surface area contributed by atoms with Crippen molar-refractivity contribution >= 4 is 40.0 Å². The van der Waals surface area contributed by atoms with E-state index in [1.807, 2.05) is 49.4 Å². The lowest BCUT2D eigenvalue weighted by Crippen LogP contribution is -2.61. The molecule has 4 aromatic rings. The Morgan fingerprint density at radius 1 is 0.972 bits per heavy atom. The van der Waals surface area contributed by atoms with Crippen molar-refractivity contribution in [1.82, 2.24) is 15.3 Å². The van der Waals surface area contributed by atoms with Gasteiger partial charge in [0.25, 0.3) is 0 Å². The van der Waals surface area contributed by atoms with E-state index >= 15 is 0 Å². The van der Waals surface area contributed by atoms with Crippen LogP contribution in [-0.2, 0) is 4.79 Å². The van der Waals surface area contributed by atoms with E-state index in [1.54, 1.807) is 18.6 Å². The molecule has 1 aliphatic carbocycles. The summed E-state index contributed by atoms with van der Waals surface area (Å²) in [5.41, 5.74) is 4.65. The molecule has 0 bridgehead atoms. The van der Waals surface area contributed by atoms with E-state index in [4.69, 9.17) is 11.6 Å². The number of hydrogen-bond acceptors (Lipinski definition) is 4. The van der Waals surface area contributed by atoms with Gasteiger partial charge < -0.3 is 5.32 Å². The molecule has 3 heterocycles. The number of nitrogens with one attached hydrogen (secondary N) is 1. The van der Waals surface area contributed by atoms with Gasteiger partial charge in [-0.25, -0.2) is 9.69 Å². The van der Waals surface area contributed by atoms with Crippen LogP contribution in [0.15, 0.2) is 73.2 Å². The first kappa shape index (κ1) is 22.7. The number of aromatic nitrogens is 2. The Bertz CT molecular complexity index is 1500. The maximum absolute atomic E-state index is 13.7. The van der Waals surface area contributed by atoms with Gasteiger partial charge in [0.05, 0.1) is 17.8 Å². The first-order valence-corrected chi connectivity index (χ1v) is 12.6. The largest absolute Gasteiger partial charge is 0.334 e. The van der Waals surface area contributed by atoms with Crippen molar-refractivity contribution in [1.29, 1.82) is 0 Å². The first-order chi connectivity index (χ1) is 17.5. The van der Waals surface area contributed by atoms with E-state index in [1.165, 1.54) is 4.90 Å². The molecule has 1 N–H and O–H groups in total. The highest BCUT2D eigenvalue weighted by Gasteiger charge is 2.46. The third-order valence-corrected chi connectivity index (χ3v) is 7.88. The Labute approximate surface area is 214 Å². The number of rotatable bonds is 3. The number of carbonyl (C=O) groups excluding carboxylic acids is 2. The van der Waals surface area contributed by atoms with Gasteiger partial charge in [0.15, 0.2) is 0 Å². The number of nitrogens with zero attached hydrogens (tertiary/aromatic N) is 3. The fourth-order valence-corrected chi connectivity index (χ4v) is 6.17. The van der Waals surface area contributed by atoms with Crippen molar-refractivity contribution < 1.29 is 9.59 Å². The predicted molar refractivity (Wildman–Crippen MR) is 141 cm³/mol. The number of aryl methyl sites for hydroxylation is 1. The molecule has 1 aliphatic heterocycles. The molecule has 2 fully saturated rings. The highest BCUT2D eigenvalue weighted by atomic mass is 35.5. The van der Waals surface area contributed by atoms with E-state index in [9.17, 15) is 9.59 Å². The van der Waals surface area contributed by atoms with Crippen molar-refractivity contribution in [2.75, 3.05) is 4.90 Å². The lowest BCUT2D eigenvalue weighted by atomic mass is 9.72. The summed E-state index contributed by atoms with van der Waals surface area (Å²) < 4.78 is 0. The molecule has 0 radical (unpaired) electrons. The number of hydrogen-bond donors (Lipinski definition) is 1. The molecule has 7 heteroatoms. The Kier molecular flexibility index (Phi) is 5.69. The van der Waals surface area contributed by atoms with Gasteiger partial charge in [0, 0.05) is 45.5 Å². The first-order valence-electron chi connectivity index (χ1n) is 12.2. The monoisotopic (exact) mass is 496 g/mol. The zero-order chi connectivity index (χ0) is 24.8. The van der Waals surface area contributed by atoms with Gasteiger partial charge in [-0.2, -0.15) is 0 Å². The lowest BCUT2D eigenvalue weighted by molar-refractivity contribution is -0.124. The second-order valence-electron chi connectivity index (χ2n) is 9.56. The number of carbonyl (C=O) groups is 2. The fraction of sp³-hybridized carbons (Fsp3) is 0.241. The lowest BCUT2D eigenvalue weighted by Gasteiger charge is -2.43. The number of pyridine rings is 2. The molecule has 3 amide bonds. The molecule has 1 saturated heterocycles. The topological polar surface area (TPSA) is 75.2 Å². The molecule has 2 aromatic carbocycles. The third-order valence-electron chi connectivity index (χ3n) is 7.55. The quantitative estimate of drug-likeness (QED) is 0.363. The maximum atomic E-state index is 13.7. The van der Waals surface area contributed by atoms with E-state index in [0.717, 1.165) is 39.6 Å². The van der Waals surface area contributed by atoms with Crippen molar-refractivity contribution in [3.63, 3.8) is 0 Å². The summed E-state index contributed by atoms with van der Waals surface area (Å²) in [5.74, 6) is -0.333. The zero-order valence-electron chi connectivity index (χ0n) is 19.8. The number of urea groups is 1. The highest BCUT2D eigenvalue weighted by molar-refractivity contribution is 6.32. The SMILES string of the molecule is Cc1ncccc1-c1cccc(Cl)c1C1CCC2C(=O)N(c3cncc4ccccc34)C(=O)NC2C1. The summed E-state index contributed by atoms with van der Waals surface area (Å²) in [7, 11) is 0. The molecule has 6 nitrogen and oxygen atoms in total. The van der Waals surface area contributed by atoms with E-state index in [2.05, 4.69) is 27.4 Å². The van der Waals surface area contributed by atoms with E-state index in [0.29, 0.717) is 23.6 Å². The summed E-state index contributed by atoms with van der Waals surface area (Å²) in [6.07, 6.45) is 7.25. The van der Waals surface area contributed by atoms with Gasteiger partial charge in [-0.1, -0.05) is 54.1 Å². The maximum Gasteiger partial charge on any atom is 0.329 e. The molecule has 2 aliphatic rings. The summed E-state index contributed by atoms with van der Waals surface area (Å²) in [6.45, 7) is 1.99. The Hall–Kier alpha value is -3.77. The Morgan fingerprint density at radius 2 is 1.81 bits per heavy atom. The number of imide groups is 1. The van der Waals surface area contributed by atoms with Crippen LogP contribution in [0.25, 0.3) is 21.9 Å². The molecular formula is C29H25ClN4O2. The molecular weight excluding hydrogens is 472 g/mol. The molecule has 1 saturated carbocycles. The zero-order valence-corrected chi connectivity index (χ0v) is 20.6. The second kappa shape index (κ2) is 9.03. The van der Waals surface area contributed by atoms with Crippen LogP contribution in [0.4, 0.5) is 10.5 Å². The van der Waals surface area contributed by atoms with Gasteiger partial charge in [0.2, 0.25) is 5.91 Å². The van der Waals surface area contributed by atoms with E-state index in [-0.39, 0.29) is 23.8 Å². The number of fused-ring (bicyclic) bond motifs is 2. The number of benzene rings is 2. The normalized spacial score (nSPS) is 21.8. The van der Waals surface area contributed by atoms with Crippen molar-refractivity contribution in [3.8, 4) is 11.1 Å². The number of anilines is 1. The second-order valence-corrected chi connectivity index (χ2v) is 9.97. The smallest absolute Gasteiger partial charge is 0.329 e. The van der Waals surface area contributed by atoms with Gasteiger partial charge in [-0.15, -0.1) is 0 Å². The number of amides is 3. The minimum atomic E-state index is -0.400. The Balaban J connectivity index is 1.32. The van der Waals surface area contributed by atoms with Gasteiger partial charge >= 0.3 is 6.03 Å². The summed E-state index contributed by atoms with van der Waals surface area (Å²) in [6, 6.07) is 17.0. The summed E-state index contributed by atoms with van der Waals surface area (Å²) >= 11 is 6.77. The minimum Gasteiger partial charge on any atom is -0.334 e. The molecule has 0 spiro atoms. The minimum absolute atomic E-state index is 0.119. The van der Waals surface area contributed by atoms with Gasteiger partial charge in [-0.3, -0.25) is 14.8 Å². The van der Waals surface area contributed by atoms with Crippen LogP contribution >= 0.6 is 11.6 Å². The van der Waals surface area contributed by atoms with Gasteiger partial charge in [0.1, 0.15) is 0 Å². The molecule has 2 aromatic heterocycles. The average Bonchev–Trinajstić information content (AvgIpc) is 2.89. The predicted octanol–water partition coefficient (Wildman–Crippen LogP) is 6.27. The van der Waals surface area contributed by atoms with Crippen LogP contribution in [0.3, 0.4) is 0 Å². The number of halogens is 1. The van der Waals surface area contributed by atoms with Crippen LogP contribution in [0.5, 0.6) is 0 Å². The molecule has 6 rings (SSSR count). The fourth-order valence-electron chi connectivity index (χ4n) is 5.84.